The molecule has 0 N–H and O–H groups in total. The van der Waals surface area contributed by atoms with E-state index < -0.39 is 0 Å². The molecule has 1 heterocycles. The third-order valence-corrected chi connectivity index (χ3v) is 3.25. The first-order valence-electron chi connectivity index (χ1n) is 5.86. The number of pyridine rings is 1. The molecule has 0 aliphatic carbocycles. The molecule has 0 saturated carbocycles. The highest BCUT2D eigenvalue weighted by Crippen LogP contribution is 2.24. The summed E-state index contributed by atoms with van der Waals surface area (Å²) in [4.78, 5) is 4.29. The van der Waals surface area contributed by atoms with Crippen LogP contribution in [0.3, 0.4) is 0 Å². The maximum Gasteiger partial charge on any atom is 0.129 e. The summed E-state index contributed by atoms with van der Waals surface area (Å²) in [7, 11) is 0. The van der Waals surface area contributed by atoms with Crippen molar-refractivity contribution >= 4 is 22.5 Å². The Morgan fingerprint density at radius 1 is 0.833 bits per heavy atom. The van der Waals surface area contributed by atoms with Gasteiger partial charge in [-0.2, -0.15) is 0 Å². The third kappa shape index (κ3) is 2.09. The van der Waals surface area contributed by atoms with Gasteiger partial charge >= 0.3 is 0 Å². The Kier molecular flexibility index (Phi) is 2.77. The zero-order valence-electron chi connectivity index (χ0n) is 10.0. The third-order valence-electron chi connectivity index (χ3n) is 3.04. The van der Waals surface area contributed by atoms with Gasteiger partial charge in [0.05, 0.1) is 5.52 Å². The predicted molar refractivity (Wildman–Crippen MR) is 76.9 cm³/mol. The number of aromatic nitrogens is 1. The standard InChI is InChI=1S/C16H12ClN/c1-11-2-4-12(5-3-11)13-6-8-15-14(10-13)7-9-16(17)18-15/h2-10H,1H3. The zero-order valence-corrected chi connectivity index (χ0v) is 10.8. The number of benzene rings is 2. The normalized spacial score (nSPS) is 10.8. The maximum atomic E-state index is 5.88. The van der Waals surface area contributed by atoms with Crippen LogP contribution in [0.25, 0.3) is 22.0 Å². The number of aryl methyl sites for hydroxylation is 1. The summed E-state index contributed by atoms with van der Waals surface area (Å²) in [5, 5.41) is 1.64. The highest BCUT2D eigenvalue weighted by Gasteiger charge is 2.01. The number of fused-ring (bicyclic) bond motifs is 1. The molecule has 2 aromatic carbocycles. The van der Waals surface area contributed by atoms with Crippen LogP contribution in [0, 0.1) is 6.92 Å². The monoisotopic (exact) mass is 253 g/mol. The van der Waals surface area contributed by atoms with Gasteiger partial charge in [0.1, 0.15) is 5.15 Å². The van der Waals surface area contributed by atoms with Crippen molar-refractivity contribution in [3.05, 3.63) is 65.3 Å². The van der Waals surface area contributed by atoms with E-state index in [9.17, 15) is 0 Å². The molecule has 18 heavy (non-hydrogen) atoms. The van der Waals surface area contributed by atoms with Crippen molar-refractivity contribution < 1.29 is 0 Å². The van der Waals surface area contributed by atoms with Crippen LogP contribution < -0.4 is 0 Å². The summed E-state index contributed by atoms with van der Waals surface area (Å²) in [6.07, 6.45) is 0. The van der Waals surface area contributed by atoms with Crippen molar-refractivity contribution in [1.82, 2.24) is 4.98 Å². The molecule has 0 saturated heterocycles. The lowest BCUT2D eigenvalue weighted by molar-refractivity contribution is 1.41. The molecule has 0 radical (unpaired) electrons. The van der Waals surface area contributed by atoms with Crippen molar-refractivity contribution in [2.45, 2.75) is 6.92 Å². The van der Waals surface area contributed by atoms with Gasteiger partial charge in [-0.05, 0) is 42.3 Å². The largest absolute Gasteiger partial charge is 0.236 e. The zero-order chi connectivity index (χ0) is 12.5. The van der Waals surface area contributed by atoms with Gasteiger partial charge < -0.3 is 0 Å². The van der Waals surface area contributed by atoms with Gasteiger partial charge in [0.15, 0.2) is 0 Å². The number of hydrogen-bond donors (Lipinski definition) is 0. The number of halogens is 1. The predicted octanol–water partition coefficient (Wildman–Crippen LogP) is 4.86. The van der Waals surface area contributed by atoms with E-state index >= 15 is 0 Å². The number of hydrogen-bond acceptors (Lipinski definition) is 1. The Labute approximate surface area is 111 Å². The lowest BCUT2D eigenvalue weighted by atomic mass is 10.0. The van der Waals surface area contributed by atoms with Crippen LogP contribution in [-0.2, 0) is 0 Å². The first kappa shape index (κ1) is 11.2. The van der Waals surface area contributed by atoms with Gasteiger partial charge in [-0.1, -0.05) is 47.5 Å². The van der Waals surface area contributed by atoms with Crippen molar-refractivity contribution in [3.8, 4) is 11.1 Å². The second-order valence-electron chi connectivity index (χ2n) is 4.41. The summed E-state index contributed by atoms with van der Waals surface area (Å²) in [5.41, 5.74) is 4.62. The smallest absolute Gasteiger partial charge is 0.129 e. The van der Waals surface area contributed by atoms with Gasteiger partial charge in [-0.3, -0.25) is 0 Å². The lowest BCUT2D eigenvalue weighted by Gasteiger charge is -2.04. The van der Waals surface area contributed by atoms with E-state index in [4.69, 9.17) is 11.6 Å². The summed E-state index contributed by atoms with van der Waals surface area (Å²) in [6, 6.07) is 18.6. The van der Waals surface area contributed by atoms with E-state index in [-0.39, 0.29) is 0 Å². The quantitative estimate of drug-likeness (QED) is 0.564. The minimum absolute atomic E-state index is 0.533. The fourth-order valence-corrected chi connectivity index (χ4v) is 2.18. The molecule has 0 aliphatic rings. The molecule has 3 aromatic rings. The molecular weight excluding hydrogens is 242 g/mol. The molecule has 1 nitrogen and oxygen atoms in total. The van der Waals surface area contributed by atoms with E-state index in [0.29, 0.717) is 5.15 Å². The molecule has 1 aromatic heterocycles. The first-order chi connectivity index (χ1) is 8.72. The molecule has 88 valence electrons. The van der Waals surface area contributed by atoms with Crippen molar-refractivity contribution in [1.29, 1.82) is 0 Å². The topological polar surface area (TPSA) is 12.9 Å². The molecule has 0 unspecified atom stereocenters. The minimum atomic E-state index is 0.533. The molecule has 3 rings (SSSR count). The average molecular weight is 254 g/mol. The van der Waals surface area contributed by atoms with Crippen LogP contribution in [0.1, 0.15) is 5.56 Å². The first-order valence-corrected chi connectivity index (χ1v) is 6.23. The number of nitrogens with zero attached hydrogens (tertiary/aromatic N) is 1. The Bertz CT molecular complexity index is 702. The summed E-state index contributed by atoms with van der Waals surface area (Å²) in [6.45, 7) is 2.09. The number of rotatable bonds is 1. The Hall–Kier alpha value is -1.86. The highest BCUT2D eigenvalue weighted by molar-refractivity contribution is 6.29. The van der Waals surface area contributed by atoms with Gasteiger partial charge in [0.25, 0.3) is 0 Å². The van der Waals surface area contributed by atoms with Gasteiger partial charge in [-0.25, -0.2) is 4.98 Å². The van der Waals surface area contributed by atoms with Crippen LogP contribution in [-0.4, -0.2) is 4.98 Å². The van der Waals surface area contributed by atoms with Gasteiger partial charge in [0.2, 0.25) is 0 Å². The lowest BCUT2D eigenvalue weighted by Crippen LogP contribution is -1.82. The van der Waals surface area contributed by atoms with E-state index in [1.165, 1.54) is 16.7 Å². The molecule has 2 heteroatoms. The van der Waals surface area contributed by atoms with Gasteiger partial charge in [0, 0.05) is 5.39 Å². The van der Waals surface area contributed by atoms with Crippen molar-refractivity contribution in [3.63, 3.8) is 0 Å². The second kappa shape index (κ2) is 4.43. The van der Waals surface area contributed by atoms with Crippen LogP contribution in [0.15, 0.2) is 54.6 Å². The Morgan fingerprint density at radius 2 is 1.56 bits per heavy atom. The molecule has 0 aliphatic heterocycles. The fraction of sp³-hybridized carbons (Fsp3) is 0.0625. The van der Waals surface area contributed by atoms with E-state index in [1.807, 2.05) is 18.2 Å². The summed E-state index contributed by atoms with van der Waals surface area (Å²) in [5.74, 6) is 0. The molecule has 0 bridgehead atoms. The van der Waals surface area contributed by atoms with Crippen molar-refractivity contribution in [2.75, 3.05) is 0 Å². The van der Waals surface area contributed by atoms with E-state index in [0.717, 1.165) is 10.9 Å². The van der Waals surface area contributed by atoms with E-state index in [1.54, 1.807) is 0 Å². The van der Waals surface area contributed by atoms with Gasteiger partial charge in [-0.15, -0.1) is 0 Å². The fourth-order valence-electron chi connectivity index (χ4n) is 2.03. The molecule has 0 spiro atoms. The minimum Gasteiger partial charge on any atom is -0.236 e. The van der Waals surface area contributed by atoms with Crippen LogP contribution in [0.4, 0.5) is 0 Å². The average Bonchev–Trinajstić information content (AvgIpc) is 2.39. The summed E-state index contributed by atoms with van der Waals surface area (Å²) >= 11 is 5.88. The Balaban J connectivity index is 2.13. The van der Waals surface area contributed by atoms with Crippen molar-refractivity contribution in [2.24, 2.45) is 0 Å². The van der Waals surface area contributed by atoms with Crippen LogP contribution in [0.5, 0.6) is 0 Å². The molecular formula is C16H12ClN. The van der Waals surface area contributed by atoms with E-state index in [2.05, 4.69) is 48.3 Å². The van der Waals surface area contributed by atoms with Crippen LogP contribution in [0.2, 0.25) is 5.15 Å². The molecule has 0 atom stereocenters. The maximum absolute atomic E-state index is 5.88. The van der Waals surface area contributed by atoms with Crippen LogP contribution >= 0.6 is 11.6 Å². The molecule has 0 amide bonds. The second-order valence-corrected chi connectivity index (χ2v) is 4.79. The Morgan fingerprint density at radius 3 is 2.33 bits per heavy atom. The molecule has 0 fully saturated rings. The highest BCUT2D eigenvalue weighted by atomic mass is 35.5. The SMILES string of the molecule is Cc1ccc(-c2ccc3nc(Cl)ccc3c2)cc1. The summed E-state index contributed by atoms with van der Waals surface area (Å²) < 4.78 is 0.